The number of benzene rings is 2. The van der Waals surface area contributed by atoms with Crippen molar-refractivity contribution in [3.05, 3.63) is 53.1 Å². The van der Waals surface area contributed by atoms with E-state index in [2.05, 4.69) is 21.0 Å². The number of halogens is 1. The first-order chi connectivity index (χ1) is 8.24. The Morgan fingerprint density at radius 1 is 1.12 bits per heavy atom. The Labute approximate surface area is 107 Å². The van der Waals surface area contributed by atoms with Crippen LogP contribution in [0.25, 0.3) is 16.6 Å². The summed E-state index contributed by atoms with van der Waals surface area (Å²) in [4.78, 5) is 0. The van der Waals surface area contributed by atoms with E-state index in [-0.39, 0.29) is 0 Å². The number of hydrogen-bond acceptors (Lipinski definition) is 2. The number of nitrogens with two attached hydrogens (primary N) is 1. The highest BCUT2D eigenvalue weighted by atomic mass is 79.9. The molecule has 3 aromatic rings. The first-order valence-corrected chi connectivity index (χ1v) is 6.02. The van der Waals surface area contributed by atoms with Gasteiger partial charge in [-0.05, 0) is 36.4 Å². The van der Waals surface area contributed by atoms with Crippen molar-refractivity contribution in [3.8, 4) is 5.69 Å². The molecular weight excluding hydrogens is 278 g/mol. The summed E-state index contributed by atoms with van der Waals surface area (Å²) in [5.74, 6) is 0. The maximum Gasteiger partial charge on any atom is 0.0742 e. The van der Waals surface area contributed by atoms with Crippen molar-refractivity contribution in [3.63, 3.8) is 0 Å². The first kappa shape index (κ1) is 10.4. The van der Waals surface area contributed by atoms with Crippen LogP contribution < -0.4 is 5.73 Å². The minimum Gasteiger partial charge on any atom is -0.399 e. The van der Waals surface area contributed by atoms with Gasteiger partial charge in [0.05, 0.1) is 17.4 Å². The second-order valence-electron chi connectivity index (χ2n) is 3.85. The molecule has 4 heteroatoms. The third-order valence-corrected chi connectivity index (χ3v) is 3.14. The predicted octanol–water partition coefficient (Wildman–Crippen LogP) is 3.37. The topological polar surface area (TPSA) is 43.8 Å². The largest absolute Gasteiger partial charge is 0.399 e. The molecule has 0 spiro atoms. The molecule has 0 bridgehead atoms. The SMILES string of the molecule is Nc1ccc2c(cnn2-c2cccc(Br)c2)c1. The maximum atomic E-state index is 5.75. The minimum absolute atomic E-state index is 0.756. The summed E-state index contributed by atoms with van der Waals surface area (Å²) in [6.07, 6.45) is 1.83. The fourth-order valence-electron chi connectivity index (χ4n) is 1.87. The van der Waals surface area contributed by atoms with E-state index in [1.54, 1.807) is 0 Å². The Hall–Kier alpha value is -1.81. The van der Waals surface area contributed by atoms with E-state index in [0.717, 1.165) is 26.8 Å². The number of nitrogens with zero attached hydrogens (tertiary/aromatic N) is 2. The molecule has 0 fully saturated rings. The number of hydrogen-bond donors (Lipinski definition) is 1. The zero-order chi connectivity index (χ0) is 11.8. The summed E-state index contributed by atoms with van der Waals surface area (Å²) in [5.41, 5.74) is 8.59. The van der Waals surface area contributed by atoms with Crippen LogP contribution >= 0.6 is 15.9 Å². The van der Waals surface area contributed by atoms with Crippen LogP contribution in [-0.2, 0) is 0 Å². The molecule has 0 saturated heterocycles. The zero-order valence-corrected chi connectivity index (χ0v) is 10.6. The number of rotatable bonds is 1. The van der Waals surface area contributed by atoms with Gasteiger partial charge in [0.25, 0.3) is 0 Å². The highest BCUT2D eigenvalue weighted by Crippen LogP contribution is 2.22. The molecular formula is C13H10BrN3. The van der Waals surface area contributed by atoms with Gasteiger partial charge >= 0.3 is 0 Å². The number of nitrogen functional groups attached to an aromatic ring is 1. The highest BCUT2D eigenvalue weighted by Gasteiger charge is 2.04. The molecule has 0 atom stereocenters. The van der Waals surface area contributed by atoms with Crippen LogP contribution in [0.3, 0.4) is 0 Å². The van der Waals surface area contributed by atoms with Gasteiger partial charge in [0.1, 0.15) is 0 Å². The van der Waals surface area contributed by atoms with Crippen molar-refractivity contribution < 1.29 is 0 Å². The second kappa shape index (κ2) is 3.89. The molecule has 0 aliphatic rings. The summed E-state index contributed by atoms with van der Waals surface area (Å²) in [5, 5.41) is 5.43. The fourth-order valence-corrected chi connectivity index (χ4v) is 2.25. The molecule has 0 aliphatic heterocycles. The van der Waals surface area contributed by atoms with Crippen molar-refractivity contribution in [2.24, 2.45) is 0 Å². The van der Waals surface area contributed by atoms with Crippen LogP contribution in [0.5, 0.6) is 0 Å². The van der Waals surface area contributed by atoms with Crippen molar-refractivity contribution in [1.82, 2.24) is 9.78 Å². The Morgan fingerprint density at radius 3 is 2.82 bits per heavy atom. The van der Waals surface area contributed by atoms with Gasteiger partial charge in [-0.3, -0.25) is 0 Å². The van der Waals surface area contributed by atoms with Gasteiger partial charge in [-0.2, -0.15) is 5.10 Å². The van der Waals surface area contributed by atoms with Gasteiger partial charge in [-0.25, -0.2) is 4.68 Å². The average molecular weight is 288 g/mol. The van der Waals surface area contributed by atoms with Gasteiger partial charge in [0.2, 0.25) is 0 Å². The Kier molecular flexibility index (Phi) is 2.37. The van der Waals surface area contributed by atoms with Gasteiger partial charge in [0.15, 0.2) is 0 Å². The van der Waals surface area contributed by atoms with E-state index in [0.29, 0.717) is 0 Å². The van der Waals surface area contributed by atoms with Crippen molar-refractivity contribution in [1.29, 1.82) is 0 Å². The summed E-state index contributed by atoms with van der Waals surface area (Å²) < 4.78 is 2.94. The summed E-state index contributed by atoms with van der Waals surface area (Å²) in [7, 11) is 0. The smallest absolute Gasteiger partial charge is 0.0742 e. The third kappa shape index (κ3) is 1.80. The standard InChI is InChI=1S/C13H10BrN3/c14-10-2-1-3-12(7-10)17-13-5-4-11(15)6-9(13)8-16-17/h1-8H,15H2. The average Bonchev–Trinajstić information content (AvgIpc) is 2.71. The molecule has 0 saturated carbocycles. The molecule has 17 heavy (non-hydrogen) atoms. The van der Waals surface area contributed by atoms with Gasteiger partial charge in [-0.1, -0.05) is 22.0 Å². The lowest BCUT2D eigenvalue weighted by Gasteiger charge is -2.04. The maximum absolute atomic E-state index is 5.75. The van der Waals surface area contributed by atoms with Crippen molar-refractivity contribution in [2.75, 3.05) is 5.73 Å². The third-order valence-electron chi connectivity index (χ3n) is 2.64. The van der Waals surface area contributed by atoms with E-state index in [1.807, 2.05) is 53.3 Å². The first-order valence-electron chi connectivity index (χ1n) is 5.23. The lowest BCUT2D eigenvalue weighted by molar-refractivity contribution is 0.910. The van der Waals surface area contributed by atoms with Gasteiger partial charge < -0.3 is 5.73 Å². The van der Waals surface area contributed by atoms with Crippen LogP contribution in [0.1, 0.15) is 0 Å². The molecule has 0 aliphatic carbocycles. The van der Waals surface area contributed by atoms with E-state index in [1.165, 1.54) is 0 Å². The van der Waals surface area contributed by atoms with E-state index >= 15 is 0 Å². The van der Waals surface area contributed by atoms with Gasteiger partial charge in [-0.15, -0.1) is 0 Å². The number of aromatic nitrogens is 2. The molecule has 2 N–H and O–H groups in total. The lowest BCUT2D eigenvalue weighted by Crippen LogP contribution is -1.95. The molecule has 0 unspecified atom stereocenters. The van der Waals surface area contributed by atoms with Crippen molar-refractivity contribution in [2.45, 2.75) is 0 Å². The van der Waals surface area contributed by atoms with E-state index in [9.17, 15) is 0 Å². The summed E-state index contributed by atoms with van der Waals surface area (Å²) in [6, 6.07) is 13.8. The van der Waals surface area contributed by atoms with Crippen LogP contribution in [-0.4, -0.2) is 9.78 Å². The number of fused-ring (bicyclic) bond motifs is 1. The monoisotopic (exact) mass is 287 g/mol. The Bertz CT molecular complexity index is 688. The lowest BCUT2D eigenvalue weighted by atomic mass is 10.2. The molecule has 84 valence electrons. The highest BCUT2D eigenvalue weighted by molar-refractivity contribution is 9.10. The van der Waals surface area contributed by atoms with E-state index in [4.69, 9.17) is 5.73 Å². The quantitative estimate of drug-likeness (QED) is 0.698. The molecule has 0 radical (unpaired) electrons. The fraction of sp³-hybridized carbons (Fsp3) is 0. The summed E-state index contributed by atoms with van der Waals surface area (Å²) in [6.45, 7) is 0. The van der Waals surface area contributed by atoms with Crippen LogP contribution in [0.4, 0.5) is 5.69 Å². The van der Waals surface area contributed by atoms with Crippen LogP contribution in [0.2, 0.25) is 0 Å². The van der Waals surface area contributed by atoms with Gasteiger partial charge in [0, 0.05) is 15.5 Å². The molecule has 0 amide bonds. The molecule has 2 aromatic carbocycles. The number of anilines is 1. The Morgan fingerprint density at radius 2 is 2.00 bits per heavy atom. The van der Waals surface area contributed by atoms with Crippen LogP contribution in [0.15, 0.2) is 53.1 Å². The molecule has 3 nitrogen and oxygen atoms in total. The second-order valence-corrected chi connectivity index (χ2v) is 4.77. The molecule has 1 heterocycles. The molecule has 3 rings (SSSR count). The van der Waals surface area contributed by atoms with Crippen LogP contribution in [0, 0.1) is 0 Å². The predicted molar refractivity (Wildman–Crippen MR) is 73.2 cm³/mol. The van der Waals surface area contributed by atoms with E-state index < -0.39 is 0 Å². The molecule has 1 aromatic heterocycles. The van der Waals surface area contributed by atoms with Crippen molar-refractivity contribution >= 4 is 32.5 Å². The minimum atomic E-state index is 0.756. The zero-order valence-electron chi connectivity index (χ0n) is 8.97. The normalized spacial score (nSPS) is 10.9. The summed E-state index contributed by atoms with van der Waals surface area (Å²) >= 11 is 3.46. The Balaban J connectivity index is 2.24.